The molecule has 0 aliphatic heterocycles. The fourth-order valence-corrected chi connectivity index (χ4v) is 11.6. The molecular weight excluding hydrogens is 1170 g/mol. The molecule has 6 heteroatoms. The smallest absolute Gasteiger partial charge is 0.267 e. The molecule has 3 aromatic heterocycles. The van der Waals surface area contributed by atoms with Crippen LogP contribution in [0.25, 0.3) is 50.3 Å². The van der Waals surface area contributed by atoms with Crippen LogP contribution in [0.5, 0.6) is 11.5 Å². The number of para-hydroxylation sites is 1. The average molecular weight is 1240 g/mol. The molecule has 0 spiro atoms. The molecular formula is C75H74N4OPt-2. The molecule has 11 aromatic rings. The zero-order chi connectivity index (χ0) is 56.3. The predicted octanol–water partition coefficient (Wildman–Crippen LogP) is 18.6. The third kappa shape index (κ3) is 10.8. The van der Waals surface area contributed by atoms with Gasteiger partial charge in [-0.25, -0.2) is 4.98 Å². The van der Waals surface area contributed by atoms with Crippen molar-refractivity contribution in [2.75, 3.05) is 0 Å². The maximum atomic E-state index is 7.03. The van der Waals surface area contributed by atoms with Gasteiger partial charge < -0.3 is 13.9 Å². The Balaban J connectivity index is 0.00000736. The average Bonchev–Trinajstić information content (AvgIpc) is 4.09. The van der Waals surface area contributed by atoms with Crippen molar-refractivity contribution in [1.29, 1.82) is 0 Å². The van der Waals surface area contributed by atoms with E-state index in [-0.39, 0.29) is 54.6 Å². The van der Waals surface area contributed by atoms with Crippen LogP contribution in [-0.4, -0.2) is 14.1 Å². The molecule has 0 fully saturated rings. The van der Waals surface area contributed by atoms with E-state index in [1.54, 1.807) is 0 Å². The van der Waals surface area contributed by atoms with E-state index >= 15 is 0 Å². The monoisotopic (exact) mass is 1240 g/mol. The number of imidazole rings is 1. The largest absolute Gasteiger partial charge is 0.510 e. The van der Waals surface area contributed by atoms with Gasteiger partial charge in [-0.3, -0.25) is 4.57 Å². The van der Waals surface area contributed by atoms with E-state index in [4.69, 9.17) is 9.72 Å². The zero-order valence-electron chi connectivity index (χ0n) is 49.2. The molecule has 3 heterocycles. The molecule has 0 N–H and O–H groups in total. The van der Waals surface area contributed by atoms with E-state index in [2.05, 4.69) is 310 Å². The number of rotatable bonds is 14. The van der Waals surface area contributed by atoms with Gasteiger partial charge in [-0.2, -0.15) is 17.7 Å². The normalized spacial score (nSPS) is 12.4. The van der Waals surface area contributed by atoms with Gasteiger partial charge in [-0.15, -0.1) is 29.7 Å². The fraction of sp³-hybridized carbons (Fsp3) is 0.253. The van der Waals surface area contributed by atoms with Gasteiger partial charge in [0.15, 0.2) is 0 Å². The second-order valence-electron chi connectivity index (χ2n) is 25.0. The van der Waals surface area contributed by atoms with Crippen molar-refractivity contribution in [3.05, 3.63) is 269 Å². The van der Waals surface area contributed by atoms with Gasteiger partial charge in [0.25, 0.3) is 6.33 Å². The number of aromatic nitrogens is 4. The van der Waals surface area contributed by atoms with Gasteiger partial charge >= 0.3 is 0 Å². The minimum atomic E-state index is -0.323. The van der Waals surface area contributed by atoms with E-state index < -0.39 is 0 Å². The fourth-order valence-electron chi connectivity index (χ4n) is 11.6. The van der Waals surface area contributed by atoms with Crippen molar-refractivity contribution >= 4 is 21.8 Å². The van der Waals surface area contributed by atoms with Crippen LogP contribution in [0.3, 0.4) is 0 Å². The third-order valence-corrected chi connectivity index (χ3v) is 16.9. The summed E-state index contributed by atoms with van der Waals surface area (Å²) >= 11 is 0. The Morgan fingerprint density at radius 1 is 0.481 bits per heavy atom. The molecule has 0 radical (unpaired) electrons. The summed E-state index contributed by atoms with van der Waals surface area (Å²) in [6.07, 6.45) is 8.16. The first kappa shape index (κ1) is 56.7. The van der Waals surface area contributed by atoms with Crippen LogP contribution in [0, 0.1) is 18.5 Å². The van der Waals surface area contributed by atoms with Gasteiger partial charge in [0, 0.05) is 66.7 Å². The molecule has 8 aromatic carbocycles. The van der Waals surface area contributed by atoms with Gasteiger partial charge in [-0.1, -0.05) is 229 Å². The van der Waals surface area contributed by atoms with Crippen LogP contribution in [-0.2, 0) is 42.7 Å². The van der Waals surface area contributed by atoms with Gasteiger partial charge in [0.1, 0.15) is 5.82 Å². The van der Waals surface area contributed by atoms with Crippen LogP contribution in [0.4, 0.5) is 0 Å². The van der Waals surface area contributed by atoms with Crippen LogP contribution >= 0.6 is 0 Å². The topological polar surface area (TPSA) is 35.9 Å². The zero-order valence-corrected chi connectivity index (χ0v) is 51.5. The van der Waals surface area contributed by atoms with E-state index in [0.717, 1.165) is 50.3 Å². The van der Waals surface area contributed by atoms with Crippen LogP contribution in [0.2, 0.25) is 0 Å². The molecule has 0 saturated heterocycles. The molecule has 412 valence electrons. The standard InChI is InChI=1S/C75H74N4O.Pt/c1-50(2)63-33-25-34-64(51(3)4)71(63)69-48-77(49-78(69)60-42-57(74(10,11)53-28-19-15-20-29-53)40-58(43-60)75(12,13)54-30-21-16-22-31-54)59-41-56(72(5,6)7)44-62(46-59)80-61-36-37-66-65-32-23-24-35-67(65)79(68(66)47-61)70-45-55(38-39-76-70)73(8,9)52-26-17-14-18-27-52;/h14-45,48,50-51H,1-13H3;/q-2;. The molecule has 5 nitrogen and oxygen atoms in total. The molecule has 0 amide bonds. The van der Waals surface area contributed by atoms with Crippen molar-refractivity contribution < 1.29 is 30.4 Å². The van der Waals surface area contributed by atoms with Gasteiger partial charge in [0.2, 0.25) is 0 Å². The summed E-state index contributed by atoms with van der Waals surface area (Å²) in [5.74, 6) is 2.53. The molecule has 0 aliphatic carbocycles. The Kier molecular flexibility index (Phi) is 15.4. The number of fused-ring (bicyclic) bond motifs is 3. The summed E-state index contributed by atoms with van der Waals surface area (Å²) in [5.41, 5.74) is 16.0. The number of hydrogen-bond acceptors (Lipinski definition) is 2. The Hall–Kier alpha value is -7.59. The first-order chi connectivity index (χ1) is 38.2. The van der Waals surface area contributed by atoms with Crippen molar-refractivity contribution in [1.82, 2.24) is 14.1 Å². The minimum Gasteiger partial charge on any atom is -0.510 e. The first-order valence-electron chi connectivity index (χ1n) is 28.4. The Labute approximate surface area is 495 Å². The van der Waals surface area contributed by atoms with Crippen molar-refractivity contribution in [3.63, 3.8) is 0 Å². The van der Waals surface area contributed by atoms with Crippen LogP contribution in [0.1, 0.15) is 152 Å². The summed E-state index contributed by atoms with van der Waals surface area (Å²) in [5, 5.41) is 2.20. The SMILES string of the molecule is CC(C)c1cccc(C(C)C)c1-c1cn(-c2[c-]c(Oc3[c-]c4c(cc3)c3ccccc3n4-c3cc(C(C)(C)c4ccccc4)ccn3)cc(C(C)(C)C)c2)[c-][n+]1-c1cc(C(C)(C)c2ccccc2)cc(C(C)(C)c2ccccc2)c1.[Pt]. The van der Waals surface area contributed by atoms with E-state index in [1.165, 1.54) is 50.1 Å². The van der Waals surface area contributed by atoms with E-state index in [1.807, 2.05) is 12.3 Å². The van der Waals surface area contributed by atoms with Crippen LogP contribution in [0.15, 0.2) is 200 Å². The van der Waals surface area contributed by atoms with E-state index in [9.17, 15) is 0 Å². The predicted molar refractivity (Wildman–Crippen MR) is 330 cm³/mol. The van der Waals surface area contributed by atoms with E-state index in [0.29, 0.717) is 11.5 Å². The maximum Gasteiger partial charge on any atom is 0.267 e. The Morgan fingerprint density at radius 2 is 1.02 bits per heavy atom. The van der Waals surface area contributed by atoms with Crippen molar-refractivity contribution in [2.24, 2.45) is 0 Å². The quantitative estimate of drug-likeness (QED) is 0.0803. The second-order valence-corrected chi connectivity index (χ2v) is 25.0. The van der Waals surface area contributed by atoms with Crippen molar-refractivity contribution in [2.45, 2.75) is 124 Å². The Bertz CT molecular complexity index is 3950. The number of benzene rings is 8. The van der Waals surface area contributed by atoms with Gasteiger partial charge in [-0.05, 0) is 109 Å². The number of nitrogens with zero attached hydrogens (tertiary/aromatic N) is 4. The van der Waals surface area contributed by atoms with Crippen LogP contribution < -0.4 is 9.30 Å². The second kappa shape index (κ2) is 22.0. The molecule has 0 aliphatic rings. The van der Waals surface area contributed by atoms with Gasteiger partial charge in [0.05, 0.1) is 11.4 Å². The summed E-state index contributed by atoms with van der Waals surface area (Å²) in [6.45, 7) is 29.9. The van der Waals surface area contributed by atoms with Crippen molar-refractivity contribution in [3.8, 4) is 39.9 Å². The molecule has 0 bridgehead atoms. The molecule has 0 saturated carbocycles. The summed E-state index contributed by atoms with van der Waals surface area (Å²) in [4.78, 5) is 5.02. The number of ether oxygens (including phenoxy) is 1. The molecule has 11 rings (SSSR count). The third-order valence-electron chi connectivity index (χ3n) is 16.9. The Morgan fingerprint density at radius 3 is 1.58 bits per heavy atom. The minimum absolute atomic E-state index is 0. The molecule has 0 atom stereocenters. The summed E-state index contributed by atoms with van der Waals surface area (Å²) in [6, 6.07) is 75.5. The summed E-state index contributed by atoms with van der Waals surface area (Å²) < 4.78 is 13.7. The first-order valence-corrected chi connectivity index (χ1v) is 28.4. The molecule has 81 heavy (non-hydrogen) atoms. The summed E-state index contributed by atoms with van der Waals surface area (Å²) in [7, 11) is 0. The number of hydrogen-bond donors (Lipinski definition) is 0. The molecule has 0 unspecified atom stereocenters. The maximum absolute atomic E-state index is 7.03. The number of pyridine rings is 1.